The number of nitrogens with zero attached hydrogens (tertiary/aromatic N) is 1. The molecule has 5 nitrogen and oxygen atoms in total. The second-order valence-corrected chi connectivity index (χ2v) is 6.87. The van der Waals surface area contributed by atoms with Crippen molar-refractivity contribution in [2.75, 3.05) is 30.9 Å². The number of amides is 1. The van der Waals surface area contributed by atoms with Gasteiger partial charge in [0.05, 0.1) is 5.92 Å². The lowest BCUT2D eigenvalue weighted by Crippen LogP contribution is -2.26. The topological polar surface area (TPSA) is 58.6 Å². The fourth-order valence-corrected chi connectivity index (χ4v) is 2.86. The molecule has 27 heavy (non-hydrogen) atoms. The Hall–Kier alpha value is -2.82. The molecule has 2 aromatic rings. The van der Waals surface area contributed by atoms with Crippen LogP contribution in [0.1, 0.15) is 31.7 Å². The number of carbonyl (C=O) groups excluding carboxylic acids is 2. The maximum Gasteiger partial charge on any atom is 0.314 e. The smallest absolute Gasteiger partial charge is 0.314 e. The summed E-state index contributed by atoms with van der Waals surface area (Å²) >= 11 is 0. The van der Waals surface area contributed by atoms with Gasteiger partial charge in [-0.3, -0.25) is 9.59 Å². The first-order valence-corrected chi connectivity index (χ1v) is 9.21. The Morgan fingerprint density at radius 2 is 1.67 bits per heavy atom. The van der Waals surface area contributed by atoms with Crippen molar-refractivity contribution < 1.29 is 14.3 Å². The van der Waals surface area contributed by atoms with E-state index in [-0.39, 0.29) is 30.3 Å². The van der Waals surface area contributed by atoms with E-state index in [4.69, 9.17) is 4.74 Å². The molecule has 144 valence electrons. The summed E-state index contributed by atoms with van der Waals surface area (Å²) in [7, 11) is 3.90. The number of hydrogen-bond acceptors (Lipinski definition) is 4. The van der Waals surface area contributed by atoms with Gasteiger partial charge in [0.1, 0.15) is 0 Å². The van der Waals surface area contributed by atoms with Gasteiger partial charge in [0.15, 0.2) is 6.61 Å². The molecule has 1 amide bonds. The van der Waals surface area contributed by atoms with Gasteiger partial charge in [0, 0.05) is 25.5 Å². The number of esters is 1. The van der Waals surface area contributed by atoms with Gasteiger partial charge in [-0.2, -0.15) is 0 Å². The van der Waals surface area contributed by atoms with Crippen molar-refractivity contribution in [3.8, 4) is 0 Å². The number of carbonyl (C=O) groups is 2. The zero-order valence-corrected chi connectivity index (χ0v) is 16.4. The molecule has 0 radical (unpaired) electrons. The van der Waals surface area contributed by atoms with E-state index in [2.05, 4.69) is 5.32 Å². The van der Waals surface area contributed by atoms with E-state index in [1.165, 1.54) is 0 Å². The molecule has 0 saturated heterocycles. The minimum Gasteiger partial charge on any atom is -0.455 e. The average Bonchev–Trinajstić information content (AvgIpc) is 2.67. The molecule has 0 aliphatic heterocycles. The van der Waals surface area contributed by atoms with E-state index in [1.807, 2.05) is 87.4 Å². The Balaban J connectivity index is 1.95. The molecule has 1 N–H and O–H groups in total. The highest BCUT2D eigenvalue weighted by molar-refractivity contribution is 5.93. The third kappa shape index (κ3) is 5.84. The minimum absolute atomic E-state index is 0.126. The largest absolute Gasteiger partial charge is 0.455 e. The lowest BCUT2D eigenvalue weighted by atomic mass is 9.86. The molecule has 5 heteroatoms. The normalized spacial score (nSPS) is 12.7. The molecule has 2 atom stereocenters. The van der Waals surface area contributed by atoms with Crippen molar-refractivity contribution in [1.82, 2.24) is 0 Å². The van der Waals surface area contributed by atoms with Crippen LogP contribution in [-0.2, 0) is 14.3 Å². The van der Waals surface area contributed by atoms with E-state index in [0.29, 0.717) is 5.69 Å². The van der Waals surface area contributed by atoms with Crippen LogP contribution in [0, 0.1) is 5.92 Å². The van der Waals surface area contributed by atoms with Crippen LogP contribution in [0.3, 0.4) is 0 Å². The van der Waals surface area contributed by atoms with E-state index in [9.17, 15) is 9.59 Å². The lowest BCUT2D eigenvalue weighted by molar-refractivity contribution is -0.150. The van der Waals surface area contributed by atoms with E-state index < -0.39 is 0 Å². The molecule has 2 rings (SSSR count). The average molecular weight is 368 g/mol. The third-order valence-corrected chi connectivity index (χ3v) is 4.64. The quantitative estimate of drug-likeness (QED) is 0.714. The van der Waals surface area contributed by atoms with Crippen molar-refractivity contribution in [1.29, 1.82) is 0 Å². The Kier molecular flexibility index (Phi) is 7.41. The standard InChI is InChI=1S/C22H28N2O3/c1-5-16(2)21(17-9-7-6-8-10-17)22(26)27-15-20(25)23-18-11-13-19(14-12-18)24(3)4/h6-14,16,21H,5,15H2,1-4H3,(H,23,25)/t16-,21-/m0/s1. The van der Waals surface area contributed by atoms with Crippen LogP contribution < -0.4 is 10.2 Å². The monoisotopic (exact) mass is 368 g/mol. The number of hydrogen-bond donors (Lipinski definition) is 1. The van der Waals surface area contributed by atoms with Crippen LogP contribution in [0.25, 0.3) is 0 Å². The van der Waals surface area contributed by atoms with E-state index >= 15 is 0 Å². The van der Waals surface area contributed by atoms with Gasteiger partial charge in [0.2, 0.25) is 0 Å². The van der Waals surface area contributed by atoms with Crippen molar-refractivity contribution >= 4 is 23.3 Å². The first-order chi connectivity index (χ1) is 12.9. The molecule has 0 bridgehead atoms. The molecule has 0 fully saturated rings. The predicted octanol–water partition coefficient (Wildman–Crippen LogP) is 4.06. The third-order valence-electron chi connectivity index (χ3n) is 4.64. The summed E-state index contributed by atoms with van der Waals surface area (Å²) in [6.45, 7) is 3.76. The van der Waals surface area contributed by atoms with E-state index in [0.717, 1.165) is 17.7 Å². The highest BCUT2D eigenvalue weighted by atomic mass is 16.5. The van der Waals surface area contributed by atoms with Crippen LogP contribution in [0.15, 0.2) is 54.6 Å². The van der Waals surface area contributed by atoms with Crippen LogP contribution >= 0.6 is 0 Å². The maximum absolute atomic E-state index is 12.6. The number of rotatable bonds is 8. The molecular formula is C22H28N2O3. The Morgan fingerprint density at radius 3 is 2.22 bits per heavy atom. The van der Waals surface area contributed by atoms with Crippen LogP contribution in [0.5, 0.6) is 0 Å². The summed E-state index contributed by atoms with van der Waals surface area (Å²) in [4.78, 5) is 26.7. The molecule has 0 spiro atoms. The summed E-state index contributed by atoms with van der Waals surface area (Å²) in [5.41, 5.74) is 2.62. The minimum atomic E-state index is -0.372. The fourth-order valence-electron chi connectivity index (χ4n) is 2.86. The first-order valence-electron chi connectivity index (χ1n) is 9.21. The second-order valence-electron chi connectivity index (χ2n) is 6.87. The number of benzene rings is 2. The van der Waals surface area contributed by atoms with Gasteiger partial charge in [-0.1, -0.05) is 50.6 Å². The molecule has 0 unspecified atom stereocenters. The van der Waals surface area contributed by atoms with Gasteiger partial charge in [-0.15, -0.1) is 0 Å². The molecule has 0 aliphatic rings. The Morgan fingerprint density at radius 1 is 1.04 bits per heavy atom. The summed E-state index contributed by atoms with van der Waals surface area (Å²) in [5.74, 6) is -0.963. The van der Waals surface area contributed by atoms with Gasteiger partial charge in [0.25, 0.3) is 5.91 Å². The molecule has 0 aromatic heterocycles. The lowest BCUT2D eigenvalue weighted by Gasteiger charge is -2.21. The van der Waals surface area contributed by atoms with Crippen molar-refractivity contribution in [2.24, 2.45) is 5.92 Å². The summed E-state index contributed by atoms with van der Waals surface area (Å²) < 4.78 is 5.32. The Bertz CT molecular complexity index is 742. The summed E-state index contributed by atoms with van der Waals surface area (Å²) in [5, 5.41) is 2.75. The van der Waals surface area contributed by atoms with Gasteiger partial charge >= 0.3 is 5.97 Å². The molecular weight excluding hydrogens is 340 g/mol. The second kappa shape index (κ2) is 9.76. The van der Waals surface area contributed by atoms with Gasteiger partial charge in [-0.05, 0) is 35.7 Å². The highest BCUT2D eigenvalue weighted by Crippen LogP contribution is 2.28. The molecule has 2 aromatic carbocycles. The molecule has 0 aliphatic carbocycles. The molecule has 0 saturated carbocycles. The van der Waals surface area contributed by atoms with Crippen molar-refractivity contribution in [3.05, 3.63) is 60.2 Å². The molecule has 0 heterocycles. The zero-order valence-electron chi connectivity index (χ0n) is 16.4. The predicted molar refractivity (Wildman–Crippen MR) is 109 cm³/mol. The van der Waals surface area contributed by atoms with Crippen LogP contribution in [0.4, 0.5) is 11.4 Å². The van der Waals surface area contributed by atoms with Crippen LogP contribution in [0.2, 0.25) is 0 Å². The van der Waals surface area contributed by atoms with Crippen molar-refractivity contribution in [2.45, 2.75) is 26.2 Å². The number of nitrogens with one attached hydrogen (secondary N) is 1. The number of anilines is 2. The first kappa shape index (κ1) is 20.5. The van der Waals surface area contributed by atoms with E-state index in [1.54, 1.807) is 0 Å². The van der Waals surface area contributed by atoms with Gasteiger partial charge < -0.3 is 15.0 Å². The van der Waals surface area contributed by atoms with Gasteiger partial charge in [-0.25, -0.2) is 0 Å². The summed E-state index contributed by atoms with van der Waals surface area (Å²) in [6, 6.07) is 17.0. The highest BCUT2D eigenvalue weighted by Gasteiger charge is 2.27. The maximum atomic E-state index is 12.6. The van der Waals surface area contributed by atoms with Crippen LogP contribution in [-0.4, -0.2) is 32.6 Å². The number of ether oxygens (including phenoxy) is 1. The Labute approximate surface area is 161 Å². The zero-order chi connectivity index (χ0) is 19.8. The SMILES string of the molecule is CC[C@H](C)[C@H](C(=O)OCC(=O)Nc1ccc(N(C)C)cc1)c1ccccc1. The van der Waals surface area contributed by atoms with Crippen molar-refractivity contribution in [3.63, 3.8) is 0 Å². The fraction of sp³-hybridized carbons (Fsp3) is 0.364. The summed E-state index contributed by atoms with van der Waals surface area (Å²) in [6.07, 6.45) is 0.846.